The molecule has 0 spiro atoms. The van der Waals surface area contributed by atoms with Crippen LogP contribution < -0.4 is 10.1 Å². The van der Waals surface area contributed by atoms with Crippen LogP contribution in [0.5, 0.6) is 5.75 Å². The number of piperidine rings is 1. The number of hydrogen-bond donors (Lipinski definition) is 2. The number of carbonyl (C=O) groups is 4. The minimum absolute atomic E-state index is 0.0357. The molecule has 0 radical (unpaired) electrons. The molecule has 1 saturated heterocycles. The lowest BCUT2D eigenvalue weighted by atomic mass is 9.97. The molecule has 8 nitrogen and oxygen atoms in total. The molecule has 3 amide bonds. The Morgan fingerprint density at radius 1 is 1.17 bits per heavy atom. The zero-order valence-electron chi connectivity index (χ0n) is 18.8. The summed E-state index contributed by atoms with van der Waals surface area (Å²) in [4.78, 5) is 50.2. The number of aryl methyl sites for hydroxylation is 1. The first-order chi connectivity index (χ1) is 16.7. The average Bonchev–Trinajstić information content (AvgIpc) is 3.16. The molecule has 1 unspecified atom stereocenters. The third-order valence-electron chi connectivity index (χ3n) is 6.15. The molecule has 1 fully saturated rings. The first-order valence-electron chi connectivity index (χ1n) is 11.2. The second-order valence-corrected chi connectivity index (χ2v) is 8.46. The Morgan fingerprint density at radius 2 is 1.94 bits per heavy atom. The topological polar surface area (TPSA) is 113 Å². The van der Waals surface area contributed by atoms with Gasteiger partial charge in [-0.2, -0.15) is 8.78 Å². The van der Waals surface area contributed by atoms with E-state index in [1.807, 2.05) is 0 Å². The molecule has 2 N–H and O–H groups in total. The fourth-order valence-electron chi connectivity index (χ4n) is 4.36. The summed E-state index contributed by atoms with van der Waals surface area (Å²) in [5.74, 6) is -6.44. The quantitative estimate of drug-likeness (QED) is 0.525. The summed E-state index contributed by atoms with van der Waals surface area (Å²) < 4.78 is 35.0. The lowest BCUT2D eigenvalue weighted by Gasteiger charge is -2.29. The van der Waals surface area contributed by atoms with Gasteiger partial charge in [-0.15, -0.1) is 0 Å². The van der Waals surface area contributed by atoms with Crippen LogP contribution in [0.3, 0.4) is 0 Å². The van der Waals surface area contributed by atoms with Crippen LogP contribution in [-0.4, -0.2) is 52.8 Å². The number of halogens is 2. The predicted molar refractivity (Wildman–Crippen MR) is 119 cm³/mol. The summed E-state index contributed by atoms with van der Waals surface area (Å²) in [7, 11) is 0. The first kappa shape index (κ1) is 24.5. The highest BCUT2D eigenvalue weighted by Gasteiger charge is 2.42. The van der Waals surface area contributed by atoms with Gasteiger partial charge in [-0.05, 0) is 42.2 Å². The van der Waals surface area contributed by atoms with Gasteiger partial charge in [0.2, 0.25) is 17.6 Å². The van der Waals surface area contributed by atoms with Crippen molar-refractivity contribution in [3.63, 3.8) is 0 Å². The number of rotatable bonds is 9. The highest BCUT2D eigenvalue weighted by Crippen LogP contribution is 2.37. The number of nitrogens with one attached hydrogen (secondary N) is 1. The molecule has 1 atom stereocenters. The van der Waals surface area contributed by atoms with Gasteiger partial charge in [0.05, 0.1) is 12.2 Å². The zero-order valence-corrected chi connectivity index (χ0v) is 18.8. The van der Waals surface area contributed by atoms with Crippen molar-refractivity contribution in [1.82, 2.24) is 10.2 Å². The van der Waals surface area contributed by atoms with Gasteiger partial charge in [-0.25, -0.2) is 0 Å². The molecular formula is C25H24F2N2O6. The maximum atomic E-state index is 14.9. The number of fused-ring (bicyclic) bond motifs is 1. The molecule has 2 aliphatic heterocycles. The Morgan fingerprint density at radius 3 is 2.69 bits per heavy atom. The second-order valence-electron chi connectivity index (χ2n) is 8.46. The number of alkyl halides is 2. The highest BCUT2D eigenvalue weighted by atomic mass is 19.3. The smallest absolute Gasteiger partial charge is 0.334 e. The molecule has 4 rings (SSSR count). The number of amides is 3. The largest absolute Gasteiger partial charge is 0.491 e. The van der Waals surface area contributed by atoms with Crippen LogP contribution in [0.4, 0.5) is 8.78 Å². The summed E-state index contributed by atoms with van der Waals surface area (Å²) in [6.45, 7) is -0.366. The number of nitrogens with zero attached hydrogens (tertiary/aromatic N) is 1. The maximum absolute atomic E-state index is 14.9. The van der Waals surface area contributed by atoms with Crippen molar-refractivity contribution < 1.29 is 37.8 Å². The van der Waals surface area contributed by atoms with Crippen LogP contribution in [0.25, 0.3) is 0 Å². The first-order valence-corrected chi connectivity index (χ1v) is 11.2. The number of aliphatic hydroxyl groups excluding tert-OH is 1. The van der Waals surface area contributed by atoms with Crippen LogP contribution in [0, 0.1) is 0 Å². The fourth-order valence-corrected chi connectivity index (χ4v) is 4.36. The number of hydrogen-bond acceptors (Lipinski definition) is 6. The van der Waals surface area contributed by atoms with Crippen molar-refractivity contribution in [2.24, 2.45) is 0 Å². The maximum Gasteiger partial charge on any atom is 0.334 e. The summed E-state index contributed by atoms with van der Waals surface area (Å²) in [5.41, 5.74) is 1.10. The van der Waals surface area contributed by atoms with Gasteiger partial charge in [0.15, 0.2) is 0 Å². The standard InChI is InChI=1S/C25H24F2N2O6/c26-25(27,18-3-1-2-4-20(18)35-12-11-30)21(31)9-6-15-5-7-17-16(13-15)14-29(24(17)34)19-8-10-22(32)28-23(19)33/h1-5,7,13,19,30H,6,8-12,14H2,(H,28,32,33). The molecule has 0 bridgehead atoms. The SMILES string of the molecule is O=C1CCC(N2Cc3cc(CCC(=O)C(F)(F)c4ccccc4OCCO)ccc3C2=O)C(=O)N1. The number of carbonyl (C=O) groups excluding carboxylic acids is 4. The molecule has 2 aromatic rings. The third-order valence-corrected chi connectivity index (χ3v) is 6.15. The van der Waals surface area contributed by atoms with Crippen molar-refractivity contribution in [3.8, 4) is 5.75 Å². The number of imide groups is 1. The number of ether oxygens (including phenoxy) is 1. The molecular weight excluding hydrogens is 462 g/mol. The lowest BCUT2D eigenvalue weighted by molar-refractivity contribution is -0.144. The molecule has 2 heterocycles. The van der Waals surface area contributed by atoms with E-state index in [-0.39, 0.29) is 56.6 Å². The van der Waals surface area contributed by atoms with E-state index in [4.69, 9.17) is 9.84 Å². The molecule has 0 aromatic heterocycles. The number of Topliss-reactive ketones (excluding diaryl/α,β-unsaturated/α-hetero) is 1. The van der Waals surface area contributed by atoms with Crippen LogP contribution >= 0.6 is 0 Å². The molecule has 10 heteroatoms. The van der Waals surface area contributed by atoms with Gasteiger partial charge in [0, 0.05) is 24.9 Å². The van der Waals surface area contributed by atoms with E-state index >= 15 is 0 Å². The summed E-state index contributed by atoms with van der Waals surface area (Å²) >= 11 is 0. The predicted octanol–water partition coefficient (Wildman–Crippen LogP) is 2.11. The van der Waals surface area contributed by atoms with Crippen LogP contribution in [0.1, 0.15) is 46.3 Å². The lowest BCUT2D eigenvalue weighted by Crippen LogP contribution is -2.52. The van der Waals surface area contributed by atoms with Crippen molar-refractivity contribution >= 4 is 23.5 Å². The van der Waals surface area contributed by atoms with Crippen LogP contribution in [0.2, 0.25) is 0 Å². The number of aliphatic hydroxyl groups is 1. The Hall–Kier alpha value is -3.66. The van der Waals surface area contributed by atoms with E-state index in [1.54, 1.807) is 18.2 Å². The zero-order chi connectivity index (χ0) is 25.2. The molecule has 2 aliphatic rings. The third kappa shape index (κ3) is 4.93. The normalized spacial score (nSPS) is 17.9. The monoisotopic (exact) mass is 486 g/mol. The Bertz CT molecular complexity index is 1180. The number of benzene rings is 2. The number of para-hydroxylation sites is 1. The fraction of sp³-hybridized carbons (Fsp3) is 0.360. The number of ketones is 1. The Kier molecular flexibility index (Phi) is 6.93. The van der Waals surface area contributed by atoms with Gasteiger partial charge in [0.1, 0.15) is 18.4 Å². The molecule has 0 aliphatic carbocycles. The summed E-state index contributed by atoms with van der Waals surface area (Å²) in [6.07, 6.45) is -0.0184. The summed E-state index contributed by atoms with van der Waals surface area (Å²) in [6, 6.07) is 9.43. The average molecular weight is 486 g/mol. The summed E-state index contributed by atoms with van der Waals surface area (Å²) in [5, 5.41) is 11.1. The van der Waals surface area contributed by atoms with Gasteiger partial charge in [-0.3, -0.25) is 24.5 Å². The van der Waals surface area contributed by atoms with Gasteiger partial charge in [0.25, 0.3) is 5.91 Å². The van der Waals surface area contributed by atoms with E-state index in [1.165, 1.54) is 23.1 Å². The molecule has 2 aromatic carbocycles. The highest BCUT2D eigenvalue weighted by molar-refractivity contribution is 6.05. The van der Waals surface area contributed by atoms with Crippen molar-refractivity contribution in [2.75, 3.05) is 13.2 Å². The van der Waals surface area contributed by atoms with Gasteiger partial charge in [-0.1, -0.05) is 24.3 Å². The second kappa shape index (κ2) is 9.91. The van der Waals surface area contributed by atoms with E-state index in [0.717, 1.165) is 6.07 Å². The van der Waals surface area contributed by atoms with Crippen molar-refractivity contribution in [1.29, 1.82) is 0 Å². The van der Waals surface area contributed by atoms with E-state index in [0.29, 0.717) is 16.7 Å². The van der Waals surface area contributed by atoms with E-state index < -0.39 is 35.6 Å². The Balaban J connectivity index is 1.43. The van der Waals surface area contributed by atoms with Crippen molar-refractivity contribution in [3.05, 3.63) is 64.7 Å². The van der Waals surface area contributed by atoms with Gasteiger partial charge < -0.3 is 14.7 Å². The van der Waals surface area contributed by atoms with E-state index in [2.05, 4.69) is 5.32 Å². The molecule has 35 heavy (non-hydrogen) atoms. The minimum Gasteiger partial charge on any atom is -0.491 e. The van der Waals surface area contributed by atoms with Gasteiger partial charge >= 0.3 is 5.92 Å². The van der Waals surface area contributed by atoms with Crippen LogP contribution in [-0.2, 0) is 33.3 Å². The van der Waals surface area contributed by atoms with E-state index in [9.17, 15) is 28.0 Å². The van der Waals surface area contributed by atoms with Crippen molar-refractivity contribution in [2.45, 2.75) is 44.2 Å². The Labute approximate surface area is 199 Å². The molecule has 0 saturated carbocycles. The molecule has 184 valence electrons. The van der Waals surface area contributed by atoms with Crippen LogP contribution in [0.15, 0.2) is 42.5 Å². The minimum atomic E-state index is -3.78.